The highest BCUT2D eigenvalue weighted by molar-refractivity contribution is 6.32. The fraction of sp³-hybridized carbons (Fsp3) is 0.857. The lowest BCUT2D eigenvalue weighted by Gasteiger charge is -2.35. The number of carbonyl (C=O) groups excluding carboxylic acids is 2. The summed E-state index contributed by atoms with van der Waals surface area (Å²) in [5, 5.41) is 0. The van der Waals surface area contributed by atoms with Crippen LogP contribution in [-0.4, -0.2) is 64.9 Å². The maximum Gasteiger partial charge on any atom is 0.397 e. The molecule has 0 spiro atoms. The Hall–Kier alpha value is -0.810. The van der Waals surface area contributed by atoms with Crippen molar-refractivity contribution in [3.63, 3.8) is 0 Å². The van der Waals surface area contributed by atoms with Gasteiger partial charge in [-0.25, -0.2) is 4.79 Å². The number of ether oxygens (including phenoxy) is 1. The van der Waals surface area contributed by atoms with E-state index in [0.29, 0.717) is 13.1 Å². The zero-order chi connectivity index (χ0) is 15.0. The predicted molar refractivity (Wildman–Crippen MR) is 76.7 cm³/mol. The van der Waals surface area contributed by atoms with Crippen LogP contribution in [0, 0.1) is 0 Å². The van der Waals surface area contributed by atoms with Crippen LogP contribution in [0.2, 0.25) is 0 Å². The first-order valence-corrected chi connectivity index (χ1v) is 7.50. The molecule has 0 radical (unpaired) electrons. The Balaban J connectivity index is 1.78. The minimum absolute atomic E-state index is 0.0304. The molecule has 2 rings (SSSR count). The number of esters is 1. The summed E-state index contributed by atoms with van der Waals surface area (Å²) < 4.78 is 5.11. The van der Waals surface area contributed by atoms with Crippen LogP contribution in [0.1, 0.15) is 33.6 Å². The Bertz CT molecular complexity index is 394. The summed E-state index contributed by atoms with van der Waals surface area (Å²) in [6.07, 6.45) is 2.15. The SMILES string of the molecule is CC(C)(C)OC(=O)C(=O)N1CCN(CC2(Cl)CC2)CC1. The van der Waals surface area contributed by atoms with Gasteiger partial charge in [-0.2, -0.15) is 0 Å². The molecule has 5 nitrogen and oxygen atoms in total. The van der Waals surface area contributed by atoms with E-state index in [0.717, 1.165) is 32.5 Å². The van der Waals surface area contributed by atoms with Gasteiger partial charge >= 0.3 is 11.9 Å². The number of alkyl halides is 1. The first-order valence-electron chi connectivity index (χ1n) is 7.12. The lowest BCUT2D eigenvalue weighted by atomic mass is 10.2. The number of halogens is 1. The number of carbonyl (C=O) groups is 2. The molecular weight excluding hydrogens is 280 g/mol. The number of amides is 1. The first-order chi connectivity index (χ1) is 9.19. The van der Waals surface area contributed by atoms with E-state index >= 15 is 0 Å². The summed E-state index contributed by atoms with van der Waals surface area (Å²) >= 11 is 6.30. The Morgan fingerprint density at radius 2 is 1.70 bits per heavy atom. The molecule has 0 N–H and O–H groups in total. The molecule has 0 unspecified atom stereocenters. The van der Waals surface area contributed by atoms with Crippen LogP contribution in [0.5, 0.6) is 0 Å². The molecule has 0 bridgehead atoms. The highest BCUT2D eigenvalue weighted by Gasteiger charge is 2.42. The zero-order valence-electron chi connectivity index (χ0n) is 12.4. The van der Waals surface area contributed by atoms with Gasteiger partial charge < -0.3 is 9.64 Å². The summed E-state index contributed by atoms with van der Waals surface area (Å²) in [5.74, 6) is -1.30. The molecule has 2 fully saturated rings. The molecule has 1 saturated carbocycles. The molecule has 1 heterocycles. The van der Waals surface area contributed by atoms with Gasteiger partial charge in [0.05, 0.1) is 4.87 Å². The number of hydrogen-bond acceptors (Lipinski definition) is 4. The van der Waals surface area contributed by atoms with Crippen molar-refractivity contribution in [2.24, 2.45) is 0 Å². The third-order valence-electron chi connectivity index (χ3n) is 3.53. The van der Waals surface area contributed by atoms with Gasteiger partial charge in [-0.1, -0.05) is 0 Å². The standard InChI is InChI=1S/C14H23ClN2O3/c1-13(2,3)20-12(19)11(18)17-8-6-16(7-9-17)10-14(15)4-5-14/h4-10H2,1-3H3. The summed E-state index contributed by atoms with van der Waals surface area (Å²) in [4.78, 5) is 27.5. The largest absolute Gasteiger partial charge is 0.453 e. The van der Waals surface area contributed by atoms with Gasteiger partial charge in [0, 0.05) is 32.7 Å². The van der Waals surface area contributed by atoms with Crippen LogP contribution in [0.4, 0.5) is 0 Å². The van der Waals surface area contributed by atoms with Gasteiger partial charge in [0.1, 0.15) is 5.60 Å². The maximum atomic E-state index is 12.0. The molecule has 20 heavy (non-hydrogen) atoms. The van der Waals surface area contributed by atoms with Crippen molar-refractivity contribution in [3.8, 4) is 0 Å². The smallest absolute Gasteiger partial charge is 0.397 e. The third kappa shape index (κ3) is 4.35. The Kier molecular flexibility index (Phi) is 4.30. The first kappa shape index (κ1) is 15.6. The summed E-state index contributed by atoms with van der Waals surface area (Å²) in [7, 11) is 0. The molecule has 1 aliphatic carbocycles. The van der Waals surface area contributed by atoms with E-state index in [9.17, 15) is 9.59 Å². The fourth-order valence-electron chi connectivity index (χ4n) is 2.25. The molecule has 0 aromatic heterocycles. The molecule has 1 amide bonds. The van der Waals surface area contributed by atoms with E-state index < -0.39 is 17.5 Å². The topological polar surface area (TPSA) is 49.9 Å². The maximum absolute atomic E-state index is 12.0. The van der Waals surface area contributed by atoms with E-state index in [1.165, 1.54) is 0 Å². The quantitative estimate of drug-likeness (QED) is 0.437. The number of piperazine rings is 1. The second kappa shape index (κ2) is 5.53. The van der Waals surface area contributed by atoms with Crippen molar-refractivity contribution in [2.45, 2.75) is 44.1 Å². The van der Waals surface area contributed by atoms with Gasteiger partial charge in [0.25, 0.3) is 0 Å². The van der Waals surface area contributed by atoms with Gasteiger partial charge in [-0.3, -0.25) is 9.69 Å². The second-order valence-corrected chi connectivity index (χ2v) is 7.52. The second-order valence-electron chi connectivity index (χ2n) is 6.72. The van der Waals surface area contributed by atoms with Crippen LogP contribution in [0.15, 0.2) is 0 Å². The van der Waals surface area contributed by atoms with Crippen molar-refractivity contribution in [3.05, 3.63) is 0 Å². The van der Waals surface area contributed by atoms with Gasteiger partial charge in [-0.15, -0.1) is 11.6 Å². The average Bonchev–Trinajstić information content (AvgIpc) is 3.04. The lowest BCUT2D eigenvalue weighted by molar-refractivity contribution is -0.168. The third-order valence-corrected chi connectivity index (χ3v) is 4.03. The van der Waals surface area contributed by atoms with Gasteiger partial charge in [0.2, 0.25) is 0 Å². The molecule has 0 atom stereocenters. The number of rotatable bonds is 2. The Morgan fingerprint density at radius 3 is 2.15 bits per heavy atom. The predicted octanol–water partition coefficient (Wildman–Crippen LogP) is 1.24. The van der Waals surface area contributed by atoms with Crippen molar-refractivity contribution in [2.75, 3.05) is 32.7 Å². The van der Waals surface area contributed by atoms with E-state index in [1.807, 2.05) is 0 Å². The average molecular weight is 303 g/mol. The Morgan fingerprint density at radius 1 is 1.15 bits per heavy atom. The fourth-order valence-corrected chi connectivity index (χ4v) is 2.52. The summed E-state index contributed by atoms with van der Waals surface area (Å²) in [5.41, 5.74) is -0.633. The van der Waals surface area contributed by atoms with Crippen LogP contribution in [0.25, 0.3) is 0 Å². The van der Waals surface area contributed by atoms with Crippen LogP contribution in [-0.2, 0) is 14.3 Å². The van der Waals surface area contributed by atoms with Crippen LogP contribution < -0.4 is 0 Å². The summed E-state index contributed by atoms with van der Waals surface area (Å²) in [6.45, 7) is 8.80. The highest BCUT2D eigenvalue weighted by atomic mass is 35.5. The van der Waals surface area contributed by atoms with E-state index in [2.05, 4.69) is 4.90 Å². The molecule has 6 heteroatoms. The lowest BCUT2D eigenvalue weighted by Crippen LogP contribution is -2.52. The molecule has 1 aliphatic heterocycles. The molecule has 2 aliphatic rings. The van der Waals surface area contributed by atoms with Crippen LogP contribution >= 0.6 is 11.6 Å². The molecule has 114 valence electrons. The molecule has 0 aromatic rings. The Labute approximate surface area is 125 Å². The zero-order valence-corrected chi connectivity index (χ0v) is 13.2. The minimum atomic E-state index is -0.762. The van der Waals surface area contributed by atoms with Crippen LogP contribution in [0.3, 0.4) is 0 Å². The van der Waals surface area contributed by atoms with Gasteiger partial charge in [0.15, 0.2) is 0 Å². The van der Waals surface area contributed by atoms with Crippen molar-refractivity contribution < 1.29 is 14.3 Å². The van der Waals surface area contributed by atoms with Crippen molar-refractivity contribution in [1.29, 1.82) is 0 Å². The normalized spacial score (nSPS) is 22.5. The number of hydrogen-bond donors (Lipinski definition) is 0. The van der Waals surface area contributed by atoms with E-state index in [4.69, 9.17) is 16.3 Å². The highest BCUT2D eigenvalue weighted by Crippen LogP contribution is 2.43. The van der Waals surface area contributed by atoms with Gasteiger partial charge in [-0.05, 0) is 33.6 Å². The van der Waals surface area contributed by atoms with Crippen molar-refractivity contribution >= 4 is 23.5 Å². The molecular formula is C14H23ClN2O3. The van der Waals surface area contributed by atoms with Crippen molar-refractivity contribution in [1.82, 2.24) is 9.80 Å². The summed E-state index contributed by atoms with van der Waals surface area (Å²) in [6, 6.07) is 0. The molecule has 1 saturated heterocycles. The monoisotopic (exact) mass is 302 g/mol. The number of nitrogens with zero attached hydrogens (tertiary/aromatic N) is 2. The minimum Gasteiger partial charge on any atom is -0.453 e. The van der Waals surface area contributed by atoms with E-state index in [1.54, 1.807) is 25.7 Å². The molecule has 0 aromatic carbocycles. The van der Waals surface area contributed by atoms with E-state index in [-0.39, 0.29) is 4.87 Å².